The van der Waals surface area contributed by atoms with Gasteiger partial charge in [-0.3, -0.25) is 0 Å². The van der Waals surface area contributed by atoms with Gasteiger partial charge >= 0.3 is 0 Å². The normalized spacial score (nSPS) is 10.2. The van der Waals surface area contributed by atoms with E-state index in [0.29, 0.717) is 22.9 Å². The molecule has 0 bridgehead atoms. The van der Waals surface area contributed by atoms with Crippen LogP contribution in [0.1, 0.15) is 5.56 Å². The molecular weight excluding hydrogens is 294 g/mol. The number of aryl methyl sites for hydroxylation is 1. The van der Waals surface area contributed by atoms with Crippen molar-refractivity contribution < 1.29 is 9.47 Å². The molecule has 3 nitrogen and oxygen atoms in total. The summed E-state index contributed by atoms with van der Waals surface area (Å²) in [6.07, 6.45) is 0. The number of methoxy groups -OCH3 is 1. The van der Waals surface area contributed by atoms with Crippen molar-refractivity contribution in [3.63, 3.8) is 0 Å². The van der Waals surface area contributed by atoms with Gasteiger partial charge in [-0.15, -0.1) is 0 Å². The van der Waals surface area contributed by atoms with Gasteiger partial charge < -0.3 is 15.2 Å². The van der Waals surface area contributed by atoms with Crippen molar-refractivity contribution in [3.8, 4) is 17.2 Å². The van der Waals surface area contributed by atoms with E-state index < -0.39 is 0 Å². The molecule has 2 aromatic carbocycles. The number of ether oxygens (including phenoxy) is 2. The Balaban J connectivity index is 2.33. The minimum absolute atomic E-state index is 0.576. The van der Waals surface area contributed by atoms with Crippen LogP contribution in [0.5, 0.6) is 17.2 Å². The summed E-state index contributed by atoms with van der Waals surface area (Å²) in [6, 6.07) is 11.3. The Morgan fingerprint density at radius 1 is 1.00 bits per heavy atom. The van der Waals surface area contributed by atoms with Crippen LogP contribution in [0.4, 0.5) is 5.69 Å². The Morgan fingerprint density at radius 3 is 2.39 bits per heavy atom. The number of rotatable bonds is 3. The smallest absolute Gasteiger partial charge is 0.169 e. The van der Waals surface area contributed by atoms with Crippen LogP contribution in [0, 0.1) is 6.92 Å². The van der Waals surface area contributed by atoms with Gasteiger partial charge in [-0.25, -0.2) is 0 Å². The number of benzene rings is 2. The second-order valence-electron chi connectivity index (χ2n) is 3.94. The van der Waals surface area contributed by atoms with E-state index in [0.717, 1.165) is 10.0 Å². The third-order valence-electron chi connectivity index (χ3n) is 2.51. The molecular formula is C14H14BrNO2. The van der Waals surface area contributed by atoms with Crippen molar-refractivity contribution in [1.82, 2.24) is 0 Å². The van der Waals surface area contributed by atoms with Crippen molar-refractivity contribution in [1.29, 1.82) is 0 Å². The summed E-state index contributed by atoms with van der Waals surface area (Å²) in [6.45, 7) is 2.00. The maximum absolute atomic E-state index is 5.89. The summed E-state index contributed by atoms with van der Waals surface area (Å²) in [5, 5.41) is 0. The van der Waals surface area contributed by atoms with Crippen LogP contribution in [0.15, 0.2) is 40.9 Å². The standard InChI is InChI=1S/C14H14BrNO2/c1-9-3-5-13(14(7-9)17-2)18-12-6-4-10(15)8-11(12)16/h3-8H,16H2,1-2H3. The Hall–Kier alpha value is -1.68. The zero-order chi connectivity index (χ0) is 13.1. The van der Waals surface area contributed by atoms with Crippen LogP contribution < -0.4 is 15.2 Å². The first-order valence-electron chi connectivity index (χ1n) is 5.47. The predicted octanol–water partition coefficient (Wildman–Crippen LogP) is 4.14. The largest absolute Gasteiger partial charge is 0.493 e. The molecule has 0 aliphatic heterocycles. The van der Waals surface area contributed by atoms with Crippen molar-refractivity contribution >= 4 is 21.6 Å². The van der Waals surface area contributed by atoms with Gasteiger partial charge in [-0.2, -0.15) is 0 Å². The number of anilines is 1. The summed E-state index contributed by atoms with van der Waals surface area (Å²) < 4.78 is 12.0. The second-order valence-corrected chi connectivity index (χ2v) is 4.85. The topological polar surface area (TPSA) is 44.5 Å². The van der Waals surface area contributed by atoms with E-state index in [1.807, 2.05) is 37.3 Å². The zero-order valence-corrected chi connectivity index (χ0v) is 11.8. The highest BCUT2D eigenvalue weighted by Crippen LogP contribution is 2.35. The van der Waals surface area contributed by atoms with Crippen molar-refractivity contribution in [2.75, 3.05) is 12.8 Å². The molecule has 0 atom stereocenters. The maximum atomic E-state index is 5.89. The average Bonchev–Trinajstić information content (AvgIpc) is 2.34. The van der Waals surface area contributed by atoms with E-state index in [9.17, 15) is 0 Å². The quantitative estimate of drug-likeness (QED) is 0.867. The van der Waals surface area contributed by atoms with Gasteiger partial charge in [-0.1, -0.05) is 22.0 Å². The van der Waals surface area contributed by atoms with E-state index in [1.165, 1.54) is 0 Å². The van der Waals surface area contributed by atoms with Gasteiger partial charge in [-0.05, 0) is 42.8 Å². The summed E-state index contributed by atoms with van der Waals surface area (Å²) in [5.74, 6) is 1.95. The van der Waals surface area contributed by atoms with Gasteiger partial charge in [0.15, 0.2) is 17.2 Å². The molecule has 0 amide bonds. The summed E-state index contributed by atoms with van der Waals surface area (Å²) in [7, 11) is 1.62. The van der Waals surface area contributed by atoms with E-state index in [2.05, 4.69) is 15.9 Å². The molecule has 0 saturated carbocycles. The minimum atomic E-state index is 0.576. The maximum Gasteiger partial charge on any atom is 0.169 e. The molecule has 94 valence electrons. The Labute approximate surface area is 115 Å². The van der Waals surface area contributed by atoms with Crippen molar-refractivity contribution in [3.05, 3.63) is 46.4 Å². The zero-order valence-electron chi connectivity index (χ0n) is 10.2. The van der Waals surface area contributed by atoms with Crippen LogP contribution in [0.25, 0.3) is 0 Å². The molecule has 0 aromatic heterocycles. The molecule has 2 aromatic rings. The number of hydrogen-bond acceptors (Lipinski definition) is 3. The highest BCUT2D eigenvalue weighted by molar-refractivity contribution is 9.10. The first kappa shape index (κ1) is 12.8. The average molecular weight is 308 g/mol. The molecule has 0 spiro atoms. The SMILES string of the molecule is COc1cc(C)ccc1Oc1ccc(Br)cc1N. The van der Waals surface area contributed by atoms with E-state index >= 15 is 0 Å². The second kappa shape index (κ2) is 5.31. The van der Waals surface area contributed by atoms with E-state index in [-0.39, 0.29) is 0 Å². The predicted molar refractivity (Wildman–Crippen MR) is 76.4 cm³/mol. The van der Waals surface area contributed by atoms with Gasteiger partial charge in [0.1, 0.15) is 0 Å². The minimum Gasteiger partial charge on any atom is -0.493 e. The number of nitrogen functional groups attached to an aromatic ring is 1. The Bertz CT molecular complexity index is 570. The molecule has 0 unspecified atom stereocenters. The third kappa shape index (κ3) is 2.76. The van der Waals surface area contributed by atoms with Crippen LogP contribution in [0.2, 0.25) is 0 Å². The lowest BCUT2D eigenvalue weighted by molar-refractivity contribution is 0.379. The molecule has 0 radical (unpaired) electrons. The lowest BCUT2D eigenvalue weighted by Crippen LogP contribution is -1.94. The monoisotopic (exact) mass is 307 g/mol. The highest BCUT2D eigenvalue weighted by Gasteiger charge is 2.08. The molecule has 0 saturated heterocycles. The fourth-order valence-electron chi connectivity index (χ4n) is 1.59. The van der Waals surface area contributed by atoms with Crippen molar-refractivity contribution in [2.45, 2.75) is 6.92 Å². The van der Waals surface area contributed by atoms with Crippen LogP contribution in [-0.2, 0) is 0 Å². The molecule has 0 aliphatic carbocycles. The molecule has 2 rings (SSSR count). The number of nitrogens with two attached hydrogens (primary N) is 1. The van der Waals surface area contributed by atoms with Gasteiger partial charge in [0.2, 0.25) is 0 Å². The fraction of sp³-hybridized carbons (Fsp3) is 0.143. The first-order chi connectivity index (χ1) is 8.60. The summed E-state index contributed by atoms with van der Waals surface area (Å²) >= 11 is 3.36. The van der Waals surface area contributed by atoms with Gasteiger partial charge in [0.05, 0.1) is 12.8 Å². The molecule has 0 fully saturated rings. The third-order valence-corrected chi connectivity index (χ3v) is 3.00. The van der Waals surface area contributed by atoms with Crippen LogP contribution in [-0.4, -0.2) is 7.11 Å². The number of halogens is 1. The Morgan fingerprint density at radius 2 is 1.72 bits per heavy atom. The summed E-state index contributed by atoms with van der Waals surface area (Å²) in [5.41, 5.74) is 7.58. The molecule has 4 heteroatoms. The molecule has 2 N–H and O–H groups in total. The van der Waals surface area contributed by atoms with Crippen molar-refractivity contribution in [2.24, 2.45) is 0 Å². The first-order valence-corrected chi connectivity index (χ1v) is 6.27. The number of hydrogen-bond donors (Lipinski definition) is 1. The van der Waals surface area contributed by atoms with Gasteiger partial charge in [0, 0.05) is 4.47 Å². The molecule has 18 heavy (non-hydrogen) atoms. The lowest BCUT2D eigenvalue weighted by atomic mass is 10.2. The van der Waals surface area contributed by atoms with E-state index in [1.54, 1.807) is 13.2 Å². The fourth-order valence-corrected chi connectivity index (χ4v) is 1.97. The van der Waals surface area contributed by atoms with E-state index in [4.69, 9.17) is 15.2 Å². The van der Waals surface area contributed by atoms with Crippen LogP contribution in [0.3, 0.4) is 0 Å². The lowest BCUT2D eigenvalue weighted by Gasteiger charge is -2.12. The molecule has 0 aliphatic rings. The molecule has 0 heterocycles. The van der Waals surface area contributed by atoms with Gasteiger partial charge in [0.25, 0.3) is 0 Å². The highest BCUT2D eigenvalue weighted by atomic mass is 79.9. The van der Waals surface area contributed by atoms with Crippen LogP contribution >= 0.6 is 15.9 Å². The Kier molecular flexibility index (Phi) is 3.77. The summed E-state index contributed by atoms with van der Waals surface area (Å²) in [4.78, 5) is 0.